The molecule has 0 unspecified atom stereocenters. The summed E-state index contributed by atoms with van der Waals surface area (Å²) in [6.07, 6.45) is 6.56. The fourth-order valence-corrected chi connectivity index (χ4v) is 4.19. The lowest BCUT2D eigenvalue weighted by molar-refractivity contribution is -0.118. The maximum Gasteiger partial charge on any atom is 0.340 e. The summed E-state index contributed by atoms with van der Waals surface area (Å²) in [5.41, 5.74) is 0.933. The summed E-state index contributed by atoms with van der Waals surface area (Å²) in [7, 11) is 0. The van der Waals surface area contributed by atoms with Gasteiger partial charge < -0.3 is 10.1 Å². The molecule has 5 heteroatoms. The average Bonchev–Trinajstić information content (AvgIpc) is 2.62. The number of hydrogen-bond donors (Lipinski definition) is 1. The number of anilines is 1. The van der Waals surface area contributed by atoms with Crippen molar-refractivity contribution in [3.05, 3.63) is 29.8 Å². The van der Waals surface area contributed by atoms with Gasteiger partial charge in [-0.05, 0) is 50.3 Å². The Kier molecular flexibility index (Phi) is 6.08. The standard InChI is InChI=1S/C20H28N2O3/c1-2-25-20(24)17-9-5-6-10-18(17)21-19(23)14-22-12-11-15-7-3-4-8-16(15)13-22/h5-6,9-10,15-16H,2-4,7-8,11-14H2,1H3,(H,21,23)/t15-,16-/m1/s1. The minimum Gasteiger partial charge on any atom is -0.462 e. The lowest BCUT2D eigenvalue weighted by Gasteiger charge is -2.41. The van der Waals surface area contributed by atoms with Gasteiger partial charge in [0.25, 0.3) is 0 Å². The molecule has 1 N–H and O–H groups in total. The summed E-state index contributed by atoms with van der Waals surface area (Å²) in [4.78, 5) is 26.7. The fraction of sp³-hybridized carbons (Fsp3) is 0.600. The molecular formula is C20H28N2O3. The van der Waals surface area contributed by atoms with Crippen LogP contribution in [0.2, 0.25) is 0 Å². The SMILES string of the molecule is CCOC(=O)c1ccccc1NC(=O)CN1CC[C@H]2CCCC[C@@H]2C1. The number of ether oxygens (including phenoxy) is 1. The maximum absolute atomic E-state index is 12.5. The highest BCUT2D eigenvalue weighted by Crippen LogP contribution is 2.35. The van der Waals surface area contributed by atoms with Crippen molar-refractivity contribution in [3.8, 4) is 0 Å². The van der Waals surface area contributed by atoms with Crippen LogP contribution in [0.3, 0.4) is 0 Å². The number of piperidine rings is 1. The molecule has 2 fully saturated rings. The number of esters is 1. The summed E-state index contributed by atoms with van der Waals surface area (Å²) in [5, 5.41) is 2.89. The molecule has 2 atom stereocenters. The van der Waals surface area contributed by atoms with E-state index in [4.69, 9.17) is 4.74 Å². The highest BCUT2D eigenvalue weighted by Gasteiger charge is 2.31. The second-order valence-electron chi connectivity index (χ2n) is 7.14. The monoisotopic (exact) mass is 344 g/mol. The van der Waals surface area contributed by atoms with Crippen molar-refractivity contribution >= 4 is 17.6 Å². The lowest BCUT2D eigenvalue weighted by Crippen LogP contribution is -2.44. The smallest absolute Gasteiger partial charge is 0.340 e. The lowest BCUT2D eigenvalue weighted by atomic mass is 9.75. The number of hydrogen-bond acceptors (Lipinski definition) is 4. The molecule has 1 saturated heterocycles. The van der Waals surface area contributed by atoms with Crippen LogP contribution in [0.25, 0.3) is 0 Å². The van der Waals surface area contributed by atoms with Gasteiger partial charge in [0.15, 0.2) is 0 Å². The first-order chi connectivity index (χ1) is 12.2. The van der Waals surface area contributed by atoms with E-state index in [9.17, 15) is 9.59 Å². The molecular weight excluding hydrogens is 316 g/mol. The van der Waals surface area contributed by atoms with Crippen LogP contribution in [0.15, 0.2) is 24.3 Å². The summed E-state index contributed by atoms with van der Waals surface area (Å²) < 4.78 is 5.06. The van der Waals surface area contributed by atoms with E-state index >= 15 is 0 Å². The Balaban J connectivity index is 1.57. The van der Waals surface area contributed by atoms with E-state index in [0.29, 0.717) is 24.4 Å². The third-order valence-electron chi connectivity index (χ3n) is 5.44. The normalized spacial score (nSPS) is 23.6. The molecule has 0 aromatic heterocycles. The van der Waals surface area contributed by atoms with Crippen molar-refractivity contribution in [1.82, 2.24) is 4.90 Å². The number of para-hydroxylation sites is 1. The molecule has 5 nitrogen and oxygen atoms in total. The summed E-state index contributed by atoms with van der Waals surface area (Å²) in [6.45, 7) is 4.50. The van der Waals surface area contributed by atoms with Gasteiger partial charge >= 0.3 is 5.97 Å². The molecule has 0 radical (unpaired) electrons. The van der Waals surface area contributed by atoms with Gasteiger partial charge in [0.05, 0.1) is 24.4 Å². The highest BCUT2D eigenvalue weighted by atomic mass is 16.5. The van der Waals surface area contributed by atoms with Crippen LogP contribution in [-0.4, -0.2) is 43.0 Å². The summed E-state index contributed by atoms with van der Waals surface area (Å²) in [5.74, 6) is 1.15. The van der Waals surface area contributed by atoms with Crippen molar-refractivity contribution in [2.75, 3.05) is 31.6 Å². The number of rotatable bonds is 5. The Bertz CT molecular complexity index is 617. The predicted octanol–water partition coefficient (Wildman–Crippen LogP) is 3.31. The van der Waals surface area contributed by atoms with E-state index in [1.807, 2.05) is 6.07 Å². The molecule has 3 rings (SSSR count). The van der Waals surface area contributed by atoms with Crippen molar-refractivity contribution in [2.45, 2.75) is 39.0 Å². The molecule has 2 aliphatic rings. The van der Waals surface area contributed by atoms with Gasteiger partial charge in [-0.3, -0.25) is 9.69 Å². The fourth-order valence-electron chi connectivity index (χ4n) is 4.19. The van der Waals surface area contributed by atoms with Crippen molar-refractivity contribution in [3.63, 3.8) is 0 Å². The Morgan fingerprint density at radius 2 is 1.92 bits per heavy atom. The van der Waals surface area contributed by atoms with Crippen LogP contribution in [0.4, 0.5) is 5.69 Å². The number of nitrogens with one attached hydrogen (secondary N) is 1. The minimum absolute atomic E-state index is 0.0639. The quantitative estimate of drug-likeness (QED) is 0.833. The van der Waals surface area contributed by atoms with Crippen LogP contribution >= 0.6 is 0 Å². The molecule has 1 heterocycles. The summed E-state index contributed by atoms with van der Waals surface area (Å²) in [6, 6.07) is 7.01. The number of likely N-dealkylation sites (tertiary alicyclic amines) is 1. The van der Waals surface area contributed by atoms with Crippen LogP contribution in [0.5, 0.6) is 0 Å². The van der Waals surface area contributed by atoms with E-state index in [0.717, 1.165) is 24.9 Å². The van der Waals surface area contributed by atoms with Gasteiger partial charge in [0.1, 0.15) is 0 Å². The molecule has 1 saturated carbocycles. The van der Waals surface area contributed by atoms with Gasteiger partial charge in [-0.25, -0.2) is 4.79 Å². The van der Waals surface area contributed by atoms with Crippen molar-refractivity contribution in [2.24, 2.45) is 11.8 Å². The number of benzene rings is 1. The molecule has 1 aromatic carbocycles. The largest absolute Gasteiger partial charge is 0.462 e. The Morgan fingerprint density at radius 3 is 2.72 bits per heavy atom. The van der Waals surface area contributed by atoms with Crippen LogP contribution in [0, 0.1) is 11.8 Å². The van der Waals surface area contributed by atoms with E-state index in [-0.39, 0.29) is 5.91 Å². The number of fused-ring (bicyclic) bond motifs is 1. The van der Waals surface area contributed by atoms with Crippen LogP contribution in [0.1, 0.15) is 49.4 Å². The number of carbonyl (C=O) groups is 2. The van der Waals surface area contributed by atoms with Gasteiger partial charge in [-0.2, -0.15) is 0 Å². The zero-order chi connectivity index (χ0) is 17.6. The summed E-state index contributed by atoms with van der Waals surface area (Å²) >= 11 is 0. The molecule has 25 heavy (non-hydrogen) atoms. The topological polar surface area (TPSA) is 58.6 Å². The molecule has 1 aromatic rings. The average molecular weight is 344 g/mol. The third-order valence-corrected chi connectivity index (χ3v) is 5.44. The molecule has 1 aliphatic heterocycles. The first-order valence-electron chi connectivity index (χ1n) is 9.45. The maximum atomic E-state index is 12.5. The molecule has 1 aliphatic carbocycles. The number of nitrogens with zero attached hydrogens (tertiary/aromatic N) is 1. The number of carbonyl (C=O) groups excluding carboxylic acids is 2. The predicted molar refractivity (Wildman–Crippen MR) is 97.5 cm³/mol. The van der Waals surface area contributed by atoms with E-state index < -0.39 is 5.97 Å². The Hall–Kier alpha value is -1.88. The zero-order valence-electron chi connectivity index (χ0n) is 15.0. The van der Waals surface area contributed by atoms with Crippen LogP contribution in [-0.2, 0) is 9.53 Å². The van der Waals surface area contributed by atoms with E-state index in [2.05, 4.69) is 10.2 Å². The first kappa shape index (κ1) is 17.9. The van der Waals surface area contributed by atoms with E-state index in [1.54, 1.807) is 25.1 Å². The van der Waals surface area contributed by atoms with Gasteiger partial charge in [-0.1, -0.05) is 31.4 Å². The molecule has 1 amide bonds. The Labute approximate surface area is 149 Å². The molecule has 0 spiro atoms. The van der Waals surface area contributed by atoms with E-state index in [1.165, 1.54) is 32.1 Å². The second-order valence-corrected chi connectivity index (χ2v) is 7.14. The highest BCUT2D eigenvalue weighted by molar-refractivity contribution is 6.01. The first-order valence-corrected chi connectivity index (χ1v) is 9.45. The van der Waals surface area contributed by atoms with Crippen LogP contribution < -0.4 is 5.32 Å². The second kappa shape index (κ2) is 8.48. The van der Waals surface area contributed by atoms with Gasteiger partial charge in [-0.15, -0.1) is 0 Å². The number of amides is 1. The van der Waals surface area contributed by atoms with Crippen molar-refractivity contribution in [1.29, 1.82) is 0 Å². The third kappa shape index (κ3) is 4.60. The van der Waals surface area contributed by atoms with Gasteiger partial charge in [0, 0.05) is 6.54 Å². The van der Waals surface area contributed by atoms with Gasteiger partial charge in [0.2, 0.25) is 5.91 Å². The molecule has 0 bridgehead atoms. The molecule has 136 valence electrons. The van der Waals surface area contributed by atoms with Crippen molar-refractivity contribution < 1.29 is 14.3 Å². The Morgan fingerprint density at radius 1 is 1.16 bits per heavy atom. The zero-order valence-corrected chi connectivity index (χ0v) is 15.0. The minimum atomic E-state index is -0.401.